The van der Waals surface area contributed by atoms with Crippen LogP contribution >= 0.6 is 0 Å². The van der Waals surface area contributed by atoms with Gasteiger partial charge in [-0.25, -0.2) is 0 Å². The number of amides is 1. The number of hydrogen-bond acceptors (Lipinski definition) is 3. The van der Waals surface area contributed by atoms with Crippen molar-refractivity contribution in [2.75, 3.05) is 26.7 Å². The lowest BCUT2D eigenvalue weighted by atomic mass is 9.96. The minimum Gasteiger partial charge on any atom is -0.388 e. The van der Waals surface area contributed by atoms with Crippen LogP contribution < -0.4 is 5.32 Å². The molecule has 1 unspecified atom stereocenters. The van der Waals surface area contributed by atoms with Crippen LogP contribution in [0.25, 0.3) is 0 Å². The second-order valence-electron chi connectivity index (χ2n) is 5.67. The maximum atomic E-state index is 12.2. The summed E-state index contributed by atoms with van der Waals surface area (Å²) in [7, 11) is 1.83. The number of carbonyl (C=O) groups excluding carboxylic acids is 1. The second kappa shape index (κ2) is 5.36. The van der Waals surface area contributed by atoms with Crippen LogP contribution in [0.3, 0.4) is 0 Å². The van der Waals surface area contributed by atoms with Gasteiger partial charge in [0.2, 0.25) is 5.91 Å². The van der Waals surface area contributed by atoms with E-state index < -0.39 is 5.60 Å². The predicted octanol–water partition coefficient (Wildman–Crippen LogP) is 0.749. The van der Waals surface area contributed by atoms with Crippen molar-refractivity contribution in [2.24, 2.45) is 5.92 Å². The Balaban J connectivity index is 1.85. The van der Waals surface area contributed by atoms with E-state index in [0.29, 0.717) is 6.54 Å². The first-order chi connectivity index (χ1) is 8.11. The zero-order chi connectivity index (χ0) is 12.3. The molecule has 0 aromatic carbocycles. The van der Waals surface area contributed by atoms with Crippen LogP contribution in [0.2, 0.25) is 0 Å². The monoisotopic (exact) mass is 240 g/mol. The maximum Gasteiger partial charge on any atom is 0.226 e. The van der Waals surface area contributed by atoms with Gasteiger partial charge in [-0.2, -0.15) is 0 Å². The van der Waals surface area contributed by atoms with Gasteiger partial charge in [0, 0.05) is 20.1 Å². The number of nitrogens with one attached hydrogen (secondary N) is 1. The van der Waals surface area contributed by atoms with Crippen molar-refractivity contribution >= 4 is 5.91 Å². The third kappa shape index (κ3) is 3.19. The van der Waals surface area contributed by atoms with E-state index in [9.17, 15) is 9.90 Å². The zero-order valence-electron chi connectivity index (χ0n) is 10.7. The van der Waals surface area contributed by atoms with Crippen LogP contribution in [0.15, 0.2) is 0 Å². The molecule has 1 aliphatic carbocycles. The lowest BCUT2D eigenvalue weighted by Gasteiger charge is -2.32. The first-order valence-corrected chi connectivity index (χ1v) is 6.79. The number of nitrogens with zero attached hydrogens (tertiary/aromatic N) is 1. The number of likely N-dealkylation sites (N-methyl/N-ethyl adjacent to an activating group) is 1. The molecule has 1 amide bonds. The van der Waals surface area contributed by atoms with Gasteiger partial charge in [-0.15, -0.1) is 0 Å². The Morgan fingerprint density at radius 1 is 1.41 bits per heavy atom. The summed E-state index contributed by atoms with van der Waals surface area (Å²) in [4.78, 5) is 13.9. The molecule has 17 heavy (non-hydrogen) atoms. The van der Waals surface area contributed by atoms with Gasteiger partial charge in [-0.05, 0) is 32.2 Å². The molecule has 0 aromatic heterocycles. The first-order valence-electron chi connectivity index (χ1n) is 6.79. The summed E-state index contributed by atoms with van der Waals surface area (Å²) in [5.74, 6) is 0.302. The van der Waals surface area contributed by atoms with Crippen molar-refractivity contribution in [1.29, 1.82) is 0 Å². The smallest absolute Gasteiger partial charge is 0.226 e. The highest BCUT2D eigenvalue weighted by atomic mass is 16.3. The van der Waals surface area contributed by atoms with Crippen molar-refractivity contribution < 1.29 is 9.90 Å². The third-order valence-electron chi connectivity index (χ3n) is 4.09. The number of rotatable bonds is 3. The van der Waals surface area contributed by atoms with Gasteiger partial charge < -0.3 is 15.3 Å². The summed E-state index contributed by atoms with van der Waals surface area (Å²) >= 11 is 0. The molecule has 1 saturated heterocycles. The second-order valence-corrected chi connectivity index (χ2v) is 5.67. The van der Waals surface area contributed by atoms with Crippen LogP contribution in [-0.4, -0.2) is 48.2 Å². The van der Waals surface area contributed by atoms with Crippen molar-refractivity contribution in [2.45, 2.75) is 44.1 Å². The van der Waals surface area contributed by atoms with E-state index in [2.05, 4.69) is 5.32 Å². The highest BCUT2D eigenvalue weighted by Crippen LogP contribution is 2.30. The number of aliphatic hydroxyl groups is 1. The van der Waals surface area contributed by atoms with Gasteiger partial charge >= 0.3 is 0 Å². The minimum absolute atomic E-state index is 0.110. The average Bonchev–Trinajstić information content (AvgIpc) is 2.76. The van der Waals surface area contributed by atoms with E-state index in [-0.39, 0.29) is 11.8 Å². The molecule has 0 spiro atoms. The molecule has 4 nitrogen and oxygen atoms in total. The van der Waals surface area contributed by atoms with Crippen LogP contribution in [-0.2, 0) is 4.79 Å². The van der Waals surface area contributed by atoms with Gasteiger partial charge in [0.05, 0.1) is 11.5 Å². The Kier molecular flexibility index (Phi) is 4.05. The molecule has 0 aromatic rings. The molecule has 4 heteroatoms. The van der Waals surface area contributed by atoms with Gasteiger partial charge in [0.1, 0.15) is 0 Å². The summed E-state index contributed by atoms with van der Waals surface area (Å²) in [5.41, 5.74) is -0.619. The summed E-state index contributed by atoms with van der Waals surface area (Å²) in [5, 5.41) is 13.6. The lowest BCUT2D eigenvalue weighted by molar-refractivity contribution is -0.138. The van der Waals surface area contributed by atoms with E-state index in [1.165, 1.54) is 0 Å². The predicted molar refractivity (Wildman–Crippen MR) is 66.6 cm³/mol. The van der Waals surface area contributed by atoms with Crippen molar-refractivity contribution in [3.63, 3.8) is 0 Å². The fraction of sp³-hybridized carbons (Fsp3) is 0.923. The summed E-state index contributed by atoms with van der Waals surface area (Å²) in [6, 6.07) is 0. The minimum atomic E-state index is -0.619. The molecule has 1 heterocycles. The Morgan fingerprint density at radius 2 is 2.12 bits per heavy atom. The van der Waals surface area contributed by atoms with Gasteiger partial charge in [0.15, 0.2) is 0 Å². The number of carbonyl (C=O) groups is 1. The molecular weight excluding hydrogens is 216 g/mol. The van der Waals surface area contributed by atoms with E-state index in [4.69, 9.17) is 0 Å². The Bertz CT molecular complexity index is 269. The average molecular weight is 240 g/mol. The van der Waals surface area contributed by atoms with Crippen molar-refractivity contribution in [3.05, 3.63) is 0 Å². The highest BCUT2D eigenvalue weighted by Gasteiger charge is 2.34. The van der Waals surface area contributed by atoms with Crippen molar-refractivity contribution in [3.8, 4) is 0 Å². The lowest BCUT2D eigenvalue weighted by Crippen LogP contribution is -2.47. The van der Waals surface area contributed by atoms with Crippen LogP contribution in [0, 0.1) is 5.92 Å². The molecule has 0 bridgehead atoms. The van der Waals surface area contributed by atoms with E-state index in [1.807, 2.05) is 7.05 Å². The van der Waals surface area contributed by atoms with Crippen LogP contribution in [0.4, 0.5) is 0 Å². The topological polar surface area (TPSA) is 52.6 Å². The molecule has 1 aliphatic heterocycles. The molecule has 0 radical (unpaired) electrons. The summed E-state index contributed by atoms with van der Waals surface area (Å²) < 4.78 is 0. The maximum absolute atomic E-state index is 12.2. The van der Waals surface area contributed by atoms with E-state index in [1.54, 1.807) is 4.90 Å². The van der Waals surface area contributed by atoms with Gasteiger partial charge in [-0.1, -0.05) is 12.8 Å². The SMILES string of the molecule is CN(CC1(O)CCCC1)C(=O)C1CCCNC1. The summed E-state index contributed by atoms with van der Waals surface area (Å²) in [6.07, 6.45) is 5.91. The molecule has 1 saturated carbocycles. The van der Waals surface area contributed by atoms with E-state index >= 15 is 0 Å². The molecule has 2 fully saturated rings. The largest absolute Gasteiger partial charge is 0.388 e. The molecule has 1 atom stereocenters. The number of hydrogen-bond donors (Lipinski definition) is 2. The van der Waals surface area contributed by atoms with Gasteiger partial charge in [0.25, 0.3) is 0 Å². The first kappa shape index (κ1) is 12.8. The highest BCUT2D eigenvalue weighted by molar-refractivity contribution is 5.79. The van der Waals surface area contributed by atoms with E-state index in [0.717, 1.165) is 51.6 Å². The van der Waals surface area contributed by atoms with Crippen LogP contribution in [0.1, 0.15) is 38.5 Å². The molecule has 2 rings (SSSR count). The Labute approximate surface area is 103 Å². The molecular formula is C13H24N2O2. The normalized spacial score (nSPS) is 28.0. The summed E-state index contributed by atoms with van der Waals surface area (Å²) in [6.45, 7) is 2.32. The molecule has 2 N–H and O–H groups in total. The fourth-order valence-corrected chi connectivity index (χ4v) is 3.08. The molecule has 2 aliphatic rings. The quantitative estimate of drug-likeness (QED) is 0.765. The fourth-order valence-electron chi connectivity index (χ4n) is 3.08. The van der Waals surface area contributed by atoms with Gasteiger partial charge in [-0.3, -0.25) is 4.79 Å². The molecule has 98 valence electrons. The van der Waals surface area contributed by atoms with Crippen molar-refractivity contribution in [1.82, 2.24) is 10.2 Å². The Hall–Kier alpha value is -0.610. The Morgan fingerprint density at radius 3 is 2.71 bits per heavy atom. The van der Waals surface area contributed by atoms with Crippen LogP contribution in [0.5, 0.6) is 0 Å². The third-order valence-corrected chi connectivity index (χ3v) is 4.09. The zero-order valence-corrected chi connectivity index (χ0v) is 10.7. The number of piperidine rings is 1. The standard InChI is InChI=1S/C13H24N2O2/c1-15(10-13(17)6-2-3-7-13)12(16)11-5-4-8-14-9-11/h11,14,17H,2-10H2,1H3.